The monoisotopic (exact) mass is 294 g/mol. The Morgan fingerprint density at radius 2 is 1.06 bits per heavy atom. The van der Waals surface area contributed by atoms with Gasteiger partial charge in [0.05, 0.1) is 26.4 Å². The number of ether oxygens (including phenoxy) is 4. The van der Waals surface area contributed by atoms with Gasteiger partial charge in [-0.2, -0.15) is 0 Å². The second-order valence-corrected chi connectivity index (χ2v) is 7.51. The molecule has 18 heavy (non-hydrogen) atoms. The molecule has 0 aromatic rings. The highest BCUT2D eigenvalue weighted by molar-refractivity contribution is 8.76. The largest absolute Gasteiger partial charge is 0.348 e. The van der Waals surface area contributed by atoms with E-state index in [2.05, 4.69) is 0 Å². The lowest BCUT2D eigenvalue weighted by atomic mass is 10.2. The van der Waals surface area contributed by atoms with E-state index in [1.165, 1.54) is 0 Å². The summed E-state index contributed by atoms with van der Waals surface area (Å²) < 4.78 is 22.2. The van der Waals surface area contributed by atoms with E-state index in [4.69, 9.17) is 18.9 Å². The molecule has 106 valence electrons. The van der Waals surface area contributed by atoms with Crippen molar-refractivity contribution in [3.8, 4) is 0 Å². The molecule has 2 fully saturated rings. The van der Waals surface area contributed by atoms with E-state index in [9.17, 15) is 0 Å². The summed E-state index contributed by atoms with van der Waals surface area (Å²) in [5.74, 6) is 1.38. The van der Waals surface area contributed by atoms with Gasteiger partial charge in [0.15, 0.2) is 11.6 Å². The molecule has 2 rings (SSSR count). The quantitative estimate of drug-likeness (QED) is 0.531. The summed E-state index contributed by atoms with van der Waals surface area (Å²) in [7, 11) is 3.73. The molecule has 0 aromatic carbocycles. The summed E-state index contributed by atoms with van der Waals surface area (Å²) in [6, 6.07) is 0. The highest BCUT2D eigenvalue weighted by Crippen LogP contribution is 2.32. The molecule has 0 bridgehead atoms. The van der Waals surface area contributed by atoms with Gasteiger partial charge in [-0.1, -0.05) is 21.6 Å². The van der Waals surface area contributed by atoms with Crippen LogP contribution in [-0.2, 0) is 18.9 Å². The average molecular weight is 294 g/mol. The minimum absolute atomic E-state index is 0.350. The maximum atomic E-state index is 5.56. The third-order valence-electron chi connectivity index (χ3n) is 3.16. The SMILES string of the molecule is CC1(CCSSCCC2(C)OCCO2)OCCO1. The van der Waals surface area contributed by atoms with Crippen molar-refractivity contribution in [1.29, 1.82) is 0 Å². The standard InChI is InChI=1S/C12H22O4S2/c1-11(13-5-6-14-11)3-9-17-18-10-4-12(2)15-7-8-16-12/h3-10H2,1-2H3. The van der Waals surface area contributed by atoms with Crippen molar-refractivity contribution in [2.75, 3.05) is 37.9 Å². The Morgan fingerprint density at radius 1 is 0.722 bits per heavy atom. The van der Waals surface area contributed by atoms with E-state index in [1.54, 1.807) is 0 Å². The van der Waals surface area contributed by atoms with Crippen LogP contribution >= 0.6 is 21.6 Å². The topological polar surface area (TPSA) is 36.9 Å². The highest BCUT2D eigenvalue weighted by atomic mass is 33.1. The molecule has 0 radical (unpaired) electrons. The summed E-state index contributed by atoms with van der Waals surface area (Å²) in [5.41, 5.74) is 0. The second kappa shape index (κ2) is 6.81. The van der Waals surface area contributed by atoms with Crippen molar-refractivity contribution in [1.82, 2.24) is 0 Å². The predicted molar refractivity (Wildman–Crippen MR) is 74.8 cm³/mol. The van der Waals surface area contributed by atoms with E-state index in [0.717, 1.165) is 50.8 Å². The van der Waals surface area contributed by atoms with Crippen molar-refractivity contribution >= 4 is 21.6 Å². The predicted octanol–water partition coefficient (Wildman–Crippen LogP) is 2.67. The molecule has 0 aliphatic carbocycles. The van der Waals surface area contributed by atoms with Crippen molar-refractivity contribution in [2.24, 2.45) is 0 Å². The highest BCUT2D eigenvalue weighted by Gasteiger charge is 2.31. The van der Waals surface area contributed by atoms with Crippen molar-refractivity contribution in [3.05, 3.63) is 0 Å². The Labute approximate surface area is 117 Å². The first-order valence-electron chi connectivity index (χ1n) is 6.42. The summed E-state index contributed by atoms with van der Waals surface area (Å²) in [6.45, 7) is 6.93. The van der Waals surface area contributed by atoms with Gasteiger partial charge in [0.2, 0.25) is 0 Å². The smallest absolute Gasteiger partial charge is 0.166 e. The van der Waals surface area contributed by atoms with Crippen LogP contribution in [0.5, 0.6) is 0 Å². The Hall–Kier alpha value is 0.540. The Balaban J connectivity index is 1.48. The molecule has 2 saturated heterocycles. The Kier molecular flexibility index (Phi) is 5.65. The van der Waals surface area contributed by atoms with E-state index in [1.807, 2.05) is 35.4 Å². The minimum Gasteiger partial charge on any atom is -0.348 e. The first-order chi connectivity index (χ1) is 8.62. The van der Waals surface area contributed by atoms with Gasteiger partial charge in [-0.15, -0.1) is 0 Å². The third kappa shape index (κ3) is 4.58. The fourth-order valence-electron chi connectivity index (χ4n) is 1.97. The van der Waals surface area contributed by atoms with E-state index >= 15 is 0 Å². The van der Waals surface area contributed by atoms with E-state index < -0.39 is 0 Å². The molecule has 2 heterocycles. The third-order valence-corrected chi connectivity index (χ3v) is 5.57. The normalized spacial score (nSPS) is 25.7. The first kappa shape index (κ1) is 14.9. The van der Waals surface area contributed by atoms with Crippen molar-refractivity contribution in [3.63, 3.8) is 0 Å². The summed E-state index contributed by atoms with van der Waals surface area (Å²) in [6.07, 6.45) is 1.88. The molecule has 2 aliphatic rings. The number of rotatable bonds is 7. The van der Waals surface area contributed by atoms with Gasteiger partial charge >= 0.3 is 0 Å². The molecule has 0 aromatic heterocycles. The lowest BCUT2D eigenvalue weighted by molar-refractivity contribution is -0.142. The van der Waals surface area contributed by atoms with Crippen LogP contribution in [0.4, 0.5) is 0 Å². The van der Waals surface area contributed by atoms with Crippen molar-refractivity contribution < 1.29 is 18.9 Å². The lowest BCUT2D eigenvalue weighted by Crippen LogP contribution is -2.26. The second-order valence-electron chi connectivity index (χ2n) is 4.81. The van der Waals surface area contributed by atoms with E-state index in [-0.39, 0.29) is 11.6 Å². The molecule has 4 nitrogen and oxygen atoms in total. The van der Waals surface area contributed by atoms with Crippen LogP contribution in [0.1, 0.15) is 26.7 Å². The lowest BCUT2D eigenvalue weighted by Gasteiger charge is -2.22. The summed E-state index contributed by atoms with van der Waals surface area (Å²) in [5, 5.41) is 0. The summed E-state index contributed by atoms with van der Waals surface area (Å²) >= 11 is 0. The fraction of sp³-hybridized carbons (Fsp3) is 1.00. The Bertz CT molecular complexity index is 224. The van der Waals surface area contributed by atoms with Crippen LogP contribution in [0.3, 0.4) is 0 Å². The zero-order valence-electron chi connectivity index (χ0n) is 11.1. The van der Waals surface area contributed by atoms with Gasteiger partial charge < -0.3 is 18.9 Å². The molecule has 0 atom stereocenters. The van der Waals surface area contributed by atoms with Crippen LogP contribution in [0.25, 0.3) is 0 Å². The molecule has 0 spiro atoms. The first-order valence-corrected chi connectivity index (χ1v) is 8.91. The zero-order valence-corrected chi connectivity index (χ0v) is 12.7. The van der Waals surface area contributed by atoms with Crippen LogP contribution < -0.4 is 0 Å². The van der Waals surface area contributed by atoms with Crippen LogP contribution in [0.15, 0.2) is 0 Å². The van der Waals surface area contributed by atoms with Gasteiger partial charge in [0, 0.05) is 24.3 Å². The van der Waals surface area contributed by atoms with Crippen LogP contribution in [0, 0.1) is 0 Å². The van der Waals surface area contributed by atoms with Gasteiger partial charge in [-0.25, -0.2) is 0 Å². The fourth-order valence-corrected chi connectivity index (χ4v) is 4.33. The van der Waals surface area contributed by atoms with Gasteiger partial charge in [-0.3, -0.25) is 0 Å². The maximum Gasteiger partial charge on any atom is 0.166 e. The molecular weight excluding hydrogens is 272 g/mol. The number of hydrogen-bond donors (Lipinski definition) is 0. The molecule has 0 saturated carbocycles. The molecule has 0 N–H and O–H groups in total. The number of hydrogen-bond acceptors (Lipinski definition) is 6. The molecule has 0 amide bonds. The minimum atomic E-state index is -0.350. The van der Waals surface area contributed by atoms with Crippen molar-refractivity contribution in [2.45, 2.75) is 38.3 Å². The van der Waals surface area contributed by atoms with Gasteiger partial charge in [0.1, 0.15) is 0 Å². The zero-order chi connectivity index (χ0) is 12.9. The molecule has 0 unspecified atom stereocenters. The van der Waals surface area contributed by atoms with Crippen LogP contribution in [0.2, 0.25) is 0 Å². The van der Waals surface area contributed by atoms with Gasteiger partial charge in [-0.05, 0) is 13.8 Å². The molecule has 6 heteroatoms. The maximum absolute atomic E-state index is 5.56. The molecule has 2 aliphatic heterocycles. The van der Waals surface area contributed by atoms with Gasteiger partial charge in [0.25, 0.3) is 0 Å². The summed E-state index contributed by atoms with van der Waals surface area (Å²) in [4.78, 5) is 0. The average Bonchev–Trinajstić information content (AvgIpc) is 2.94. The molecular formula is C12H22O4S2. The van der Waals surface area contributed by atoms with Crippen LogP contribution in [-0.4, -0.2) is 49.5 Å². The Morgan fingerprint density at radius 3 is 1.39 bits per heavy atom. The van der Waals surface area contributed by atoms with E-state index in [0.29, 0.717) is 0 Å².